The zero-order chi connectivity index (χ0) is 18.9. The molecule has 1 aromatic carbocycles. The number of benzene rings is 1. The number of aromatic nitrogens is 2. The predicted molar refractivity (Wildman–Crippen MR) is 102 cm³/mol. The van der Waals surface area contributed by atoms with Crippen LogP contribution in [0.25, 0.3) is 0 Å². The number of hydrogen-bond acceptors (Lipinski definition) is 3. The van der Waals surface area contributed by atoms with E-state index in [-0.39, 0.29) is 29.8 Å². The normalized spacial score (nSPS) is 21.8. The Balaban J connectivity index is 1.38. The third-order valence-electron chi connectivity index (χ3n) is 6.19. The summed E-state index contributed by atoms with van der Waals surface area (Å²) in [6.07, 6.45) is 6.77. The zero-order valence-electron chi connectivity index (χ0n) is 15.8. The fourth-order valence-corrected chi connectivity index (χ4v) is 4.55. The van der Waals surface area contributed by atoms with E-state index < -0.39 is 0 Å². The van der Waals surface area contributed by atoms with E-state index in [1.54, 1.807) is 17.1 Å². The lowest BCUT2D eigenvalue weighted by Gasteiger charge is -2.37. The standard InChI is InChI=1S/C21H26N4O2/c1-23-18(14-17-6-3-2-4-7-17)15-21(20(23)27)8-12-24(13-9-21)19(26)16-25-11-5-10-22-25/h2-7,10-11,18H,8-9,12-16H2,1H3. The number of amides is 2. The molecule has 6 heteroatoms. The summed E-state index contributed by atoms with van der Waals surface area (Å²) in [5, 5.41) is 4.10. The Labute approximate surface area is 159 Å². The van der Waals surface area contributed by atoms with Crippen molar-refractivity contribution in [2.24, 2.45) is 5.41 Å². The molecular formula is C21H26N4O2. The molecule has 0 bridgehead atoms. The van der Waals surface area contributed by atoms with Crippen LogP contribution in [0.2, 0.25) is 0 Å². The molecule has 3 heterocycles. The second-order valence-electron chi connectivity index (χ2n) is 7.83. The predicted octanol–water partition coefficient (Wildman–Crippen LogP) is 1.97. The summed E-state index contributed by atoms with van der Waals surface area (Å²) in [6.45, 7) is 1.57. The molecule has 0 aliphatic carbocycles. The molecule has 2 aliphatic rings. The van der Waals surface area contributed by atoms with Crippen LogP contribution in [-0.4, -0.2) is 57.6 Å². The average Bonchev–Trinajstić information content (AvgIpc) is 3.27. The molecule has 4 rings (SSSR count). The number of likely N-dealkylation sites (tertiary alicyclic amines) is 2. The van der Waals surface area contributed by atoms with E-state index in [1.165, 1.54) is 5.56 Å². The minimum Gasteiger partial charge on any atom is -0.342 e. The van der Waals surface area contributed by atoms with Crippen molar-refractivity contribution in [2.75, 3.05) is 20.1 Å². The van der Waals surface area contributed by atoms with Crippen LogP contribution in [0.3, 0.4) is 0 Å². The summed E-state index contributed by atoms with van der Waals surface area (Å²) < 4.78 is 1.65. The van der Waals surface area contributed by atoms with Crippen molar-refractivity contribution in [3.63, 3.8) is 0 Å². The van der Waals surface area contributed by atoms with Crippen LogP contribution in [-0.2, 0) is 22.6 Å². The Kier molecular flexibility index (Phi) is 4.72. The SMILES string of the molecule is CN1C(=O)C2(CCN(C(=O)Cn3cccn3)CC2)CC1Cc1ccccc1. The zero-order valence-corrected chi connectivity index (χ0v) is 15.8. The highest BCUT2D eigenvalue weighted by atomic mass is 16.2. The molecule has 0 N–H and O–H groups in total. The summed E-state index contributed by atoms with van der Waals surface area (Å²) in [7, 11) is 1.93. The van der Waals surface area contributed by atoms with Crippen LogP contribution in [0.5, 0.6) is 0 Å². The molecule has 2 amide bonds. The molecular weight excluding hydrogens is 340 g/mol. The molecule has 0 saturated carbocycles. The Bertz CT molecular complexity index is 795. The van der Waals surface area contributed by atoms with Crippen LogP contribution in [0.4, 0.5) is 0 Å². The summed E-state index contributed by atoms with van der Waals surface area (Å²) in [4.78, 5) is 29.3. The molecule has 27 heavy (non-hydrogen) atoms. The average molecular weight is 366 g/mol. The summed E-state index contributed by atoms with van der Waals surface area (Å²) in [5.74, 6) is 0.329. The number of likely N-dealkylation sites (N-methyl/N-ethyl adjacent to an activating group) is 1. The minimum atomic E-state index is -0.295. The van der Waals surface area contributed by atoms with E-state index in [2.05, 4.69) is 17.2 Å². The van der Waals surface area contributed by atoms with Gasteiger partial charge in [0.05, 0.1) is 5.41 Å². The van der Waals surface area contributed by atoms with Crippen LogP contribution in [0, 0.1) is 5.41 Å². The van der Waals surface area contributed by atoms with E-state index >= 15 is 0 Å². The van der Waals surface area contributed by atoms with Gasteiger partial charge in [-0.05, 0) is 37.3 Å². The van der Waals surface area contributed by atoms with Crippen molar-refractivity contribution in [1.29, 1.82) is 0 Å². The lowest BCUT2D eigenvalue weighted by molar-refractivity contribution is -0.142. The van der Waals surface area contributed by atoms with Gasteiger partial charge in [-0.2, -0.15) is 5.10 Å². The number of carbonyl (C=O) groups excluding carboxylic acids is 2. The van der Waals surface area contributed by atoms with Gasteiger partial charge in [-0.25, -0.2) is 0 Å². The molecule has 142 valence electrons. The molecule has 6 nitrogen and oxygen atoms in total. The molecule has 1 aromatic heterocycles. The van der Waals surface area contributed by atoms with Gasteiger partial charge in [0.25, 0.3) is 0 Å². The number of piperidine rings is 1. The summed E-state index contributed by atoms with van der Waals surface area (Å²) in [5.41, 5.74) is 0.975. The summed E-state index contributed by atoms with van der Waals surface area (Å²) >= 11 is 0. The lowest BCUT2D eigenvalue weighted by atomic mass is 9.75. The van der Waals surface area contributed by atoms with Crippen molar-refractivity contribution in [3.8, 4) is 0 Å². The number of hydrogen-bond donors (Lipinski definition) is 0. The maximum atomic E-state index is 13.0. The number of nitrogens with zero attached hydrogens (tertiary/aromatic N) is 4. The quantitative estimate of drug-likeness (QED) is 0.831. The maximum absolute atomic E-state index is 13.0. The first-order valence-electron chi connectivity index (χ1n) is 9.64. The number of rotatable bonds is 4. The third-order valence-corrected chi connectivity index (χ3v) is 6.19. The molecule has 0 radical (unpaired) electrons. The highest BCUT2D eigenvalue weighted by Crippen LogP contribution is 2.44. The van der Waals surface area contributed by atoms with Crippen molar-refractivity contribution >= 4 is 11.8 Å². The highest BCUT2D eigenvalue weighted by molar-refractivity contribution is 5.86. The maximum Gasteiger partial charge on any atom is 0.244 e. The topological polar surface area (TPSA) is 58.4 Å². The van der Waals surface area contributed by atoms with Crippen LogP contribution >= 0.6 is 0 Å². The van der Waals surface area contributed by atoms with Gasteiger partial charge in [0, 0.05) is 38.6 Å². The Morgan fingerprint density at radius 1 is 1.19 bits per heavy atom. The van der Waals surface area contributed by atoms with Crippen LogP contribution in [0.15, 0.2) is 48.8 Å². The first-order chi connectivity index (χ1) is 13.1. The Morgan fingerprint density at radius 3 is 2.59 bits per heavy atom. The van der Waals surface area contributed by atoms with Gasteiger partial charge in [-0.15, -0.1) is 0 Å². The third kappa shape index (κ3) is 3.48. The highest BCUT2D eigenvalue weighted by Gasteiger charge is 2.51. The fraction of sp³-hybridized carbons (Fsp3) is 0.476. The molecule has 2 saturated heterocycles. The molecule has 2 fully saturated rings. The molecule has 2 aromatic rings. The Hall–Kier alpha value is -2.63. The molecule has 1 spiro atoms. The van der Waals surface area contributed by atoms with Gasteiger partial charge in [0.2, 0.25) is 11.8 Å². The first kappa shape index (κ1) is 17.8. The van der Waals surface area contributed by atoms with Gasteiger partial charge in [-0.1, -0.05) is 30.3 Å². The van der Waals surface area contributed by atoms with E-state index in [0.717, 1.165) is 25.7 Å². The van der Waals surface area contributed by atoms with Gasteiger partial charge in [0.1, 0.15) is 6.54 Å². The number of carbonyl (C=O) groups is 2. The van der Waals surface area contributed by atoms with E-state index in [4.69, 9.17) is 0 Å². The van der Waals surface area contributed by atoms with Crippen LogP contribution in [0.1, 0.15) is 24.8 Å². The lowest BCUT2D eigenvalue weighted by Crippen LogP contribution is -2.47. The minimum absolute atomic E-state index is 0.0770. The molecule has 1 atom stereocenters. The van der Waals surface area contributed by atoms with Gasteiger partial charge < -0.3 is 9.80 Å². The molecule has 1 unspecified atom stereocenters. The largest absolute Gasteiger partial charge is 0.342 e. The fourth-order valence-electron chi connectivity index (χ4n) is 4.55. The van der Waals surface area contributed by atoms with E-state index in [0.29, 0.717) is 13.1 Å². The van der Waals surface area contributed by atoms with E-state index in [9.17, 15) is 9.59 Å². The van der Waals surface area contributed by atoms with Crippen molar-refractivity contribution < 1.29 is 9.59 Å². The van der Waals surface area contributed by atoms with Crippen LogP contribution < -0.4 is 0 Å². The molecule has 2 aliphatic heterocycles. The monoisotopic (exact) mass is 366 g/mol. The van der Waals surface area contributed by atoms with Crippen molar-refractivity contribution in [3.05, 3.63) is 54.4 Å². The smallest absolute Gasteiger partial charge is 0.244 e. The van der Waals surface area contributed by atoms with Gasteiger partial charge in [-0.3, -0.25) is 14.3 Å². The second kappa shape index (κ2) is 7.18. The second-order valence-corrected chi connectivity index (χ2v) is 7.83. The van der Waals surface area contributed by atoms with Crippen molar-refractivity contribution in [1.82, 2.24) is 19.6 Å². The summed E-state index contributed by atoms with van der Waals surface area (Å²) in [6, 6.07) is 12.4. The first-order valence-corrected chi connectivity index (χ1v) is 9.64. The Morgan fingerprint density at radius 2 is 1.93 bits per heavy atom. The van der Waals surface area contributed by atoms with E-state index in [1.807, 2.05) is 41.1 Å². The van der Waals surface area contributed by atoms with Gasteiger partial charge >= 0.3 is 0 Å². The van der Waals surface area contributed by atoms with Gasteiger partial charge in [0.15, 0.2) is 0 Å². The van der Waals surface area contributed by atoms with Crippen molar-refractivity contribution in [2.45, 2.75) is 38.3 Å².